The van der Waals surface area contributed by atoms with Crippen molar-refractivity contribution in [2.75, 3.05) is 67.6 Å². The Morgan fingerprint density at radius 1 is 1.16 bits per heavy atom. The summed E-state index contributed by atoms with van der Waals surface area (Å²) in [4.78, 5) is 11.3. The lowest BCUT2D eigenvalue weighted by Crippen LogP contribution is -2.40. The van der Waals surface area contributed by atoms with Crippen molar-refractivity contribution in [1.29, 1.82) is 0 Å². The highest BCUT2D eigenvalue weighted by Crippen LogP contribution is 2.04. The van der Waals surface area contributed by atoms with Gasteiger partial charge in [-0.1, -0.05) is 6.92 Å². The molecule has 0 amide bonds. The molecule has 1 aliphatic rings. The molecule has 0 aliphatic carbocycles. The maximum absolute atomic E-state index is 5.36. The molecule has 0 radical (unpaired) electrons. The largest absolute Gasteiger partial charge is 0.379 e. The number of guanidine groups is 1. The summed E-state index contributed by atoms with van der Waals surface area (Å²) in [5.41, 5.74) is 0. The summed E-state index contributed by atoms with van der Waals surface area (Å²) < 4.78 is 5.36. The monoisotopic (exact) mass is 384 g/mol. The number of halogens is 1. The van der Waals surface area contributed by atoms with Crippen LogP contribution in [0.4, 0.5) is 0 Å². The van der Waals surface area contributed by atoms with Crippen molar-refractivity contribution in [3.05, 3.63) is 0 Å². The van der Waals surface area contributed by atoms with E-state index in [1.165, 1.54) is 0 Å². The van der Waals surface area contributed by atoms with Gasteiger partial charge >= 0.3 is 0 Å². The summed E-state index contributed by atoms with van der Waals surface area (Å²) in [6.07, 6.45) is 0. The highest BCUT2D eigenvalue weighted by molar-refractivity contribution is 14.0. The van der Waals surface area contributed by atoms with Gasteiger partial charge in [-0.3, -0.25) is 9.89 Å². The average Bonchev–Trinajstić information content (AvgIpc) is 2.29. The smallest absolute Gasteiger partial charge is 0.195 e. The lowest BCUT2D eigenvalue weighted by Gasteiger charge is -2.29. The van der Waals surface area contributed by atoms with Crippen LogP contribution in [0.5, 0.6) is 0 Å². The van der Waals surface area contributed by atoms with Gasteiger partial charge in [-0.2, -0.15) is 0 Å². The van der Waals surface area contributed by atoms with Gasteiger partial charge in [-0.05, 0) is 5.92 Å². The van der Waals surface area contributed by atoms with Crippen molar-refractivity contribution in [1.82, 2.24) is 14.7 Å². The lowest BCUT2D eigenvalue weighted by atomic mass is 10.1. The van der Waals surface area contributed by atoms with Gasteiger partial charge in [0.15, 0.2) is 5.96 Å². The molecule has 1 saturated heterocycles. The van der Waals surface area contributed by atoms with Gasteiger partial charge in [0.25, 0.3) is 0 Å². The van der Waals surface area contributed by atoms with E-state index in [2.05, 4.69) is 21.6 Å². The summed E-state index contributed by atoms with van der Waals surface area (Å²) >= 11 is 0. The molecule has 0 aromatic rings. The van der Waals surface area contributed by atoms with Crippen LogP contribution in [0.2, 0.25) is 0 Å². The SMILES string of the molecule is CC(CN=C(N(C)C)N(C)C)CN1CCOCC1.I. The van der Waals surface area contributed by atoms with Gasteiger partial charge in [0.2, 0.25) is 0 Å². The van der Waals surface area contributed by atoms with Gasteiger partial charge in [-0.25, -0.2) is 0 Å². The zero-order chi connectivity index (χ0) is 13.5. The zero-order valence-electron chi connectivity index (χ0n) is 12.9. The third kappa shape index (κ3) is 7.31. The minimum Gasteiger partial charge on any atom is -0.379 e. The highest BCUT2D eigenvalue weighted by Gasteiger charge is 2.14. The molecule has 0 spiro atoms. The van der Waals surface area contributed by atoms with E-state index < -0.39 is 0 Å². The number of hydrogen-bond donors (Lipinski definition) is 0. The number of hydrogen-bond acceptors (Lipinski definition) is 3. The van der Waals surface area contributed by atoms with Crippen LogP contribution in [-0.2, 0) is 4.74 Å². The highest BCUT2D eigenvalue weighted by atomic mass is 127. The lowest BCUT2D eigenvalue weighted by molar-refractivity contribution is 0.0323. The molecule has 0 aromatic carbocycles. The first-order valence-corrected chi connectivity index (χ1v) is 6.70. The van der Waals surface area contributed by atoms with Crippen molar-refractivity contribution in [2.24, 2.45) is 10.9 Å². The molecule has 1 rings (SSSR count). The van der Waals surface area contributed by atoms with E-state index in [4.69, 9.17) is 9.73 Å². The van der Waals surface area contributed by atoms with E-state index in [1.807, 2.05) is 28.2 Å². The van der Waals surface area contributed by atoms with Gasteiger partial charge in [-0.15, -0.1) is 24.0 Å². The molecule has 0 saturated carbocycles. The standard InChI is InChI=1S/C13H28N4O.HI/c1-12(11-17-6-8-18-9-7-17)10-14-13(15(2)3)16(4)5;/h12H,6-11H2,1-5H3;1H. The van der Waals surface area contributed by atoms with Crippen LogP contribution < -0.4 is 0 Å². The summed E-state index contributed by atoms with van der Waals surface area (Å²) in [6.45, 7) is 8.11. The molecule has 19 heavy (non-hydrogen) atoms. The van der Waals surface area contributed by atoms with Crippen molar-refractivity contribution < 1.29 is 4.74 Å². The van der Waals surface area contributed by atoms with Gasteiger partial charge in [0.1, 0.15) is 0 Å². The molecule has 6 heteroatoms. The average molecular weight is 384 g/mol. The number of rotatable bonds is 4. The number of morpholine rings is 1. The van der Waals surface area contributed by atoms with E-state index >= 15 is 0 Å². The molecule has 1 heterocycles. The van der Waals surface area contributed by atoms with Crippen LogP contribution in [0.25, 0.3) is 0 Å². The van der Waals surface area contributed by atoms with Crippen molar-refractivity contribution in [2.45, 2.75) is 6.92 Å². The number of nitrogens with zero attached hydrogens (tertiary/aromatic N) is 4. The van der Waals surface area contributed by atoms with Gasteiger partial charge < -0.3 is 14.5 Å². The minimum absolute atomic E-state index is 0. The van der Waals surface area contributed by atoms with Gasteiger partial charge in [0.05, 0.1) is 13.2 Å². The molecule has 1 atom stereocenters. The molecular formula is C13H29IN4O. The number of aliphatic imine (C=N–C) groups is 1. The first-order valence-electron chi connectivity index (χ1n) is 6.70. The van der Waals surface area contributed by atoms with E-state index in [0.29, 0.717) is 5.92 Å². The van der Waals surface area contributed by atoms with Crippen LogP contribution in [0.1, 0.15) is 6.92 Å². The second kappa shape index (κ2) is 9.77. The summed E-state index contributed by atoms with van der Waals surface area (Å²) in [7, 11) is 8.13. The van der Waals surface area contributed by atoms with Gasteiger partial charge in [0, 0.05) is 54.4 Å². The molecule has 1 aliphatic heterocycles. The predicted octanol–water partition coefficient (Wildman–Crippen LogP) is 1.05. The van der Waals surface area contributed by atoms with Crippen molar-refractivity contribution in [3.8, 4) is 0 Å². The fourth-order valence-corrected chi connectivity index (χ4v) is 2.20. The molecule has 0 bridgehead atoms. The maximum atomic E-state index is 5.36. The Kier molecular flexibility index (Phi) is 9.72. The molecule has 114 valence electrons. The van der Waals surface area contributed by atoms with E-state index in [0.717, 1.165) is 45.4 Å². The van der Waals surface area contributed by atoms with E-state index in [9.17, 15) is 0 Å². The Morgan fingerprint density at radius 2 is 1.68 bits per heavy atom. The summed E-state index contributed by atoms with van der Waals surface area (Å²) in [6, 6.07) is 0. The predicted molar refractivity (Wildman–Crippen MR) is 91.5 cm³/mol. The van der Waals surface area contributed by atoms with Crippen LogP contribution in [-0.4, -0.2) is 88.2 Å². The van der Waals surface area contributed by atoms with Crippen molar-refractivity contribution in [3.63, 3.8) is 0 Å². The second-order valence-electron chi connectivity index (χ2n) is 5.45. The molecule has 1 fully saturated rings. The maximum Gasteiger partial charge on any atom is 0.195 e. The Morgan fingerprint density at radius 3 is 2.16 bits per heavy atom. The Labute approximate surface area is 135 Å². The third-order valence-electron chi connectivity index (χ3n) is 3.02. The van der Waals surface area contributed by atoms with E-state index in [1.54, 1.807) is 0 Å². The van der Waals surface area contributed by atoms with Crippen molar-refractivity contribution >= 4 is 29.9 Å². The Balaban J connectivity index is 0.00000324. The topological polar surface area (TPSA) is 31.3 Å². The summed E-state index contributed by atoms with van der Waals surface area (Å²) in [5, 5.41) is 0. The molecule has 0 N–H and O–H groups in total. The second-order valence-corrected chi connectivity index (χ2v) is 5.45. The van der Waals surface area contributed by atoms with Crippen LogP contribution in [0, 0.1) is 5.92 Å². The fraction of sp³-hybridized carbons (Fsp3) is 0.923. The first kappa shape index (κ1) is 18.9. The van der Waals surface area contributed by atoms with Crippen LogP contribution in [0.15, 0.2) is 4.99 Å². The van der Waals surface area contributed by atoms with E-state index in [-0.39, 0.29) is 24.0 Å². The molecule has 5 nitrogen and oxygen atoms in total. The fourth-order valence-electron chi connectivity index (χ4n) is 2.20. The first-order chi connectivity index (χ1) is 8.50. The Bertz CT molecular complexity index is 255. The van der Waals surface area contributed by atoms with Crippen LogP contribution >= 0.6 is 24.0 Å². The quantitative estimate of drug-likeness (QED) is 0.412. The third-order valence-corrected chi connectivity index (χ3v) is 3.02. The summed E-state index contributed by atoms with van der Waals surface area (Å²) in [5.74, 6) is 1.61. The molecule has 1 unspecified atom stereocenters. The van der Waals surface area contributed by atoms with Crippen LogP contribution in [0.3, 0.4) is 0 Å². The molecule has 0 aromatic heterocycles. The Hall–Kier alpha value is -0.0800. The zero-order valence-corrected chi connectivity index (χ0v) is 15.3. The normalized spacial score (nSPS) is 17.3. The minimum atomic E-state index is 0. The molecular weight excluding hydrogens is 355 g/mol. The number of ether oxygens (including phenoxy) is 1.